The molecular weight excluding hydrogens is 552 g/mol. The van der Waals surface area contributed by atoms with Crippen LogP contribution in [0.1, 0.15) is 36.4 Å². The highest BCUT2D eigenvalue weighted by Gasteiger charge is 2.39. The van der Waals surface area contributed by atoms with Crippen LogP contribution in [0.25, 0.3) is 11.0 Å². The SMILES string of the molecule is NC1(C(=O)N[C@@H](CCO)c2ccc(Cl)cc2)CCN(c2ncnc3c2ccn3S(=O)(=O)Cc2ccccc2)CC1. The number of halogens is 1. The number of aromatic nitrogens is 3. The Morgan fingerprint density at radius 3 is 2.45 bits per heavy atom. The number of aliphatic hydroxyl groups excluding tert-OH is 1. The number of fused-ring (bicyclic) bond motifs is 1. The third-order valence-corrected chi connectivity index (χ3v) is 9.17. The number of carbonyl (C=O) groups excluding carboxylic acids is 1. The zero-order valence-electron chi connectivity index (χ0n) is 21.8. The molecular formula is C28H31ClN6O4S. The molecule has 0 saturated carbocycles. The molecule has 0 spiro atoms. The van der Waals surface area contributed by atoms with Crippen molar-refractivity contribution in [3.8, 4) is 0 Å². The number of nitrogens with zero attached hydrogens (tertiary/aromatic N) is 4. The molecule has 1 fully saturated rings. The van der Waals surface area contributed by atoms with E-state index >= 15 is 0 Å². The van der Waals surface area contributed by atoms with Crippen LogP contribution in [0.5, 0.6) is 0 Å². The van der Waals surface area contributed by atoms with Gasteiger partial charge in [-0.05, 0) is 48.6 Å². The average Bonchev–Trinajstić information content (AvgIpc) is 3.40. The topological polar surface area (TPSA) is 143 Å². The van der Waals surface area contributed by atoms with Crippen molar-refractivity contribution in [2.24, 2.45) is 5.73 Å². The first kappa shape index (κ1) is 28.0. The number of hydrogen-bond donors (Lipinski definition) is 3. The van der Waals surface area contributed by atoms with E-state index in [4.69, 9.17) is 17.3 Å². The molecule has 10 nitrogen and oxygen atoms in total. The standard InChI is InChI=1S/C28H31ClN6O4S/c29-22-8-6-21(7-9-22)24(11-17-36)33-27(37)28(30)12-15-34(16-13-28)25-23-10-14-35(26(23)32-19-31-25)40(38,39)18-20-4-2-1-3-5-20/h1-10,14,19,24,36H,11-13,15-18,30H2,(H,33,37)/t24-/m0/s1. The molecule has 1 atom stereocenters. The average molecular weight is 583 g/mol. The number of rotatable bonds is 9. The second kappa shape index (κ2) is 11.5. The van der Waals surface area contributed by atoms with E-state index in [0.29, 0.717) is 59.8 Å². The van der Waals surface area contributed by atoms with Gasteiger partial charge in [0.25, 0.3) is 0 Å². The van der Waals surface area contributed by atoms with E-state index in [2.05, 4.69) is 15.3 Å². The van der Waals surface area contributed by atoms with Gasteiger partial charge in [0.05, 0.1) is 22.7 Å². The van der Waals surface area contributed by atoms with E-state index in [9.17, 15) is 18.3 Å². The van der Waals surface area contributed by atoms with E-state index in [1.807, 2.05) is 23.1 Å². The van der Waals surface area contributed by atoms with Crippen LogP contribution in [-0.2, 0) is 20.6 Å². The van der Waals surface area contributed by atoms with Gasteiger partial charge < -0.3 is 21.1 Å². The van der Waals surface area contributed by atoms with Crippen LogP contribution < -0.4 is 16.0 Å². The molecule has 4 aromatic rings. The van der Waals surface area contributed by atoms with E-state index in [-0.39, 0.29) is 18.3 Å². The lowest BCUT2D eigenvalue weighted by Crippen LogP contribution is -2.60. The molecule has 1 saturated heterocycles. The van der Waals surface area contributed by atoms with E-state index < -0.39 is 21.6 Å². The summed E-state index contributed by atoms with van der Waals surface area (Å²) in [6, 6.07) is 17.4. The molecule has 1 amide bonds. The maximum Gasteiger partial charge on any atom is 0.244 e. The van der Waals surface area contributed by atoms with E-state index in [1.54, 1.807) is 42.5 Å². The fraction of sp³-hybridized carbons (Fsp3) is 0.321. The highest BCUT2D eigenvalue weighted by molar-refractivity contribution is 7.89. The lowest BCUT2D eigenvalue weighted by Gasteiger charge is -2.39. The smallest absolute Gasteiger partial charge is 0.244 e. The number of anilines is 1. The van der Waals surface area contributed by atoms with Crippen molar-refractivity contribution >= 4 is 44.4 Å². The quantitative estimate of drug-likeness (QED) is 0.273. The summed E-state index contributed by atoms with van der Waals surface area (Å²) in [5.74, 6) is 0.158. The molecule has 0 aliphatic carbocycles. The zero-order valence-corrected chi connectivity index (χ0v) is 23.4. The van der Waals surface area contributed by atoms with Crippen molar-refractivity contribution in [1.29, 1.82) is 0 Å². The molecule has 2 aromatic carbocycles. The van der Waals surface area contributed by atoms with Gasteiger partial charge >= 0.3 is 0 Å². The molecule has 40 heavy (non-hydrogen) atoms. The molecule has 4 N–H and O–H groups in total. The monoisotopic (exact) mass is 582 g/mol. The number of nitrogens with two attached hydrogens (primary N) is 1. The van der Waals surface area contributed by atoms with Crippen LogP contribution >= 0.6 is 11.6 Å². The molecule has 5 rings (SSSR count). The Kier molecular flexibility index (Phi) is 8.09. The Morgan fingerprint density at radius 1 is 1.07 bits per heavy atom. The second-order valence-corrected chi connectivity index (χ2v) is 12.3. The Hall–Kier alpha value is -3.51. The maximum atomic E-state index is 13.3. The van der Waals surface area contributed by atoms with Gasteiger partial charge in [-0.1, -0.05) is 54.1 Å². The molecule has 12 heteroatoms. The first-order valence-corrected chi connectivity index (χ1v) is 15.0. The largest absolute Gasteiger partial charge is 0.396 e. The maximum absolute atomic E-state index is 13.3. The number of nitrogens with one attached hydrogen (secondary N) is 1. The number of piperidine rings is 1. The summed E-state index contributed by atoms with van der Waals surface area (Å²) in [4.78, 5) is 24.0. The highest BCUT2D eigenvalue weighted by atomic mass is 35.5. The van der Waals surface area contributed by atoms with Crippen LogP contribution in [0.3, 0.4) is 0 Å². The van der Waals surface area contributed by atoms with Gasteiger partial charge in [-0.3, -0.25) is 4.79 Å². The first-order chi connectivity index (χ1) is 19.2. The summed E-state index contributed by atoms with van der Waals surface area (Å²) >= 11 is 6.00. The van der Waals surface area contributed by atoms with Crippen LogP contribution in [0, 0.1) is 0 Å². The molecule has 210 valence electrons. The van der Waals surface area contributed by atoms with Gasteiger partial charge in [0, 0.05) is 30.9 Å². The Morgan fingerprint density at radius 2 is 1.77 bits per heavy atom. The number of amides is 1. The Bertz CT molecular complexity index is 1590. The molecule has 1 aliphatic heterocycles. The van der Waals surface area contributed by atoms with Gasteiger partial charge in [0.2, 0.25) is 15.9 Å². The summed E-state index contributed by atoms with van der Waals surface area (Å²) in [5, 5.41) is 13.7. The lowest BCUT2D eigenvalue weighted by molar-refractivity contribution is -0.128. The summed E-state index contributed by atoms with van der Waals surface area (Å²) in [6.45, 7) is 0.802. The Labute approximate surface area is 237 Å². The van der Waals surface area contributed by atoms with Gasteiger partial charge in [-0.2, -0.15) is 0 Å². The molecule has 0 bridgehead atoms. The van der Waals surface area contributed by atoms with Crippen LogP contribution in [-0.4, -0.2) is 58.6 Å². The van der Waals surface area contributed by atoms with Gasteiger partial charge in [0.15, 0.2) is 5.65 Å². The minimum absolute atomic E-state index is 0.0939. The number of aliphatic hydroxyl groups is 1. The van der Waals surface area contributed by atoms with Crippen molar-refractivity contribution in [3.05, 3.63) is 89.3 Å². The third-order valence-electron chi connectivity index (χ3n) is 7.32. The highest BCUT2D eigenvalue weighted by Crippen LogP contribution is 2.31. The van der Waals surface area contributed by atoms with Crippen molar-refractivity contribution in [2.45, 2.75) is 36.6 Å². The fourth-order valence-corrected chi connectivity index (χ4v) is 6.57. The van der Waals surface area contributed by atoms with E-state index in [0.717, 1.165) is 5.56 Å². The minimum atomic E-state index is -3.71. The normalized spacial score (nSPS) is 16.1. The van der Waals surface area contributed by atoms with Crippen molar-refractivity contribution in [2.75, 3.05) is 24.6 Å². The van der Waals surface area contributed by atoms with Gasteiger partial charge in [-0.15, -0.1) is 0 Å². The molecule has 1 aliphatic rings. The second-order valence-electron chi connectivity index (χ2n) is 10.0. The van der Waals surface area contributed by atoms with Gasteiger partial charge in [-0.25, -0.2) is 22.4 Å². The van der Waals surface area contributed by atoms with Crippen LogP contribution in [0.2, 0.25) is 5.02 Å². The number of carbonyl (C=O) groups is 1. The fourth-order valence-electron chi connectivity index (χ4n) is 5.04. The first-order valence-electron chi connectivity index (χ1n) is 13.0. The Balaban J connectivity index is 1.30. The predicted molar refractivity (Wildman–Crippen MR) is 154 cm³/mol. The number of benzene rings is 2. The molecule has 2 aromatic heterocycles. The van der Waals surface area contributed by atoms with Gasteiger partial charge in [0.1, 0.15) is 12.1 Å². The summed E-state index contributed by atoms with van der Waals surface area (Å²) in [5.41, 5.74) is 7.32. The van der Waals surface area contributed by atoms with Crippen molar-refractivity contribution in [3.63, 3.8) is 0 Å². The molecule has 0 unspecified atom stereocenters. The summed E-state index contributed by atoms with van der Waals surface area (Å²) < 4.78 is 27.6. The zero-order chi connectivity index (χ0) is 28.3. The van der Waals surface area contributed by atoms with Crippen LogP contribution in [0.4, 0.5) is 5.82 Å². The van der Waals surface area contributed by atoms with Crippen molar-refractivity contribution in [1.82, 2.24) is 19.3 Å². The number of hydrogen-bond acceptors (Lipinski definition) is 8. The predicted octanol–water partition coefficient (Wildman–Crippen LogP) is 3.00. The summed E-state index contributed by atoms with van der Waals surface area (Å²) in [6.07, 6.45) is 3.94. The summed E-state index contributed by atoms with van der Waals surface area (Å²) in [7, 11) is -3.71. The third kappa shape index (κ3) is 5.83. The van der Waals surface area contributed by atoms with E-state index in [1.165, 1.54) is 16.5 Å². The van der Waals surface area contributed by atoms with Crippen molar-refractivity contribution < 1.29 is 18.3 Å². The van der Waals surface area contributed by atoms with Crippen LogP contribution in [0.15, 0.2) is 73.2 Å². The lowest BCUT2D eigenvalue weighted by atomic mass is 9.87. The minimum Gasteiger partial charge on any atom is -0.396 e. The molecule has 0 radical (unpaired) electrons. The molecule has 3 heterocycles.